The zero-order valence-electron chi connectivity index (χ0n) is 13.5. The Kier molecular flexibility index (Phi) is 7.42. The number of rotatable bonds is 6. The fourth-order valence-corrected chi connectivity index (χ4v) is 2.33. The van der Waals surface area contributed by atoms with E-state index in [1.165, 1.54) is 0 Å². The van der Waals surface area contributed by atoms with Crippen LogP contribution < -0.4 is 10.5 Å². The molecule has 0 radical (unpaired) electrons. The summed E-state index contributed by atoms with van der Waals surface area (Å²) in [5.41, 5.74) is 8.71. The summed E-state index contributed by atoms with van der Waals surface area (Å²) in [5.74, 6) is 0.904. The molecule has 23 heavy (non-hydrogen) atoms. The molecular weight excluding hydrogens is 312 g/mol. The minimum absolute atomic E-state index is 0. The topological polar surface area (TPSA) is 55.6 Å². The highest BCUT2D eigenvalue weighted by atomic mass is 35.5. The zero-order valence-corrected chi connectivity index (χ0v) is 14.3. The lowest BCUT2D eigenvalue weighted by Gasteiger charge is -2.18. The fourth-order valence-electron chi connectivity index (χ4n) is 2.33. The largest absolute Gasteiger partial charge is 0.497 e. The standard InChI is InChI=1S/C18H22N2O2.ClH/c1-20(13-14-6-5-8-16(12-14)22-2)18(21)11-10-15-7-3-4-9-17(15)19;/h3-9,12H,10-11,13,19H2,1-2H3;1H. The van der Waals surface area contributed by atoms with Crippen molar-refractivity contribution in [1.82, 2.24) is 4.90 Å². The van der Waals surface area contributed by atoms with Crippen LogP contribution in [0.1, 0.15) is 17.5 Å². The first-order valence-electron chi connectivity index (χ1n) is 7.30. The summed E-state index contributed by atoms with van der Waals surface area (Å²) in [6, 6.07) is 15.4. The molecule has 0 unspecified atom stereocenters. The number of halogens is 1. The highest BCUT2D eigenvalue weighted by Crippen LogP contribution is 2.16. The summed E-state index contributed by atoms with van der Waals surface area (Å²) in [7, 11) is 3.45. The zero-order chi connectivity index (χ0) is 15.9. The number of para-hydroxylation sites is 1. The second-order valence-electron chi connectivity index (χ2n) is 5.30. The number of ether oxygens (including phenoxy) is 1. The van der Waals surface area contributed by atoms with E-state index < -0.39 is 0 Å². The van der Waals surface area contributed by atoms with Crippen molar-refractivity contribution in [3.05, 3.63) is 59.7 Å². The second kappa shape index (κ2) is 9.06. The minimum Gasteiger partial charge on any atom is -0.497 e. The maximum absolute atomic E-state index is 12.2. The number of carbonyl (C=O) groups excluding carboxylic acids is 1. The summed E-state index contributed by atoms with van der Waals surface area (Å²) in [6.07, 6.45) is 1.11. The second-order valence-corrected chi connectivity index (χ2v) is 5.30. The van der Waals surface area contributed by atoms with Crippen LogP contribution in [0.4, 0.5) is 5.69 Å². The van der Waals surface area contributed by atoms with Crippen LogP contribution in [0.3, 0.4) is 0 Å². The molecule has 0 atom stereocenters. The smallest absolute Gasteiger partial charge is 0.222 e. The Morgan fingerprint density at radius 2 is 1.91 bits per heavy atom. The van der Waals surface area contributed by atoms with Gasteiger partial charge in [0.1, 0.15) is 5.75 Å². The molecule has 0 fully saturated rings. The van der Waals surface area contributed by atoms with Gasteiger partial charge in [0.2, 0.25) is 5.91 Å². The molecule has 0 saturated carbocycles. The van der Waals surface area contributed by atoms with E-state index in [9.17, 15) is 4.79 Å². The molecule has 0 spiro atoms. The number of hydrogen-bond acceptors (Lipinski definition) is 3. The van der Waals surface area contributed by atoms with Crippen LogP contribution in [0.15, 0.2) is 48.5 Å². The van der Waals surface area contributed by atoms with Crippen LogP contribution in [0.5, 0.6) is 5.75 Å². The van der Waals surface area contributed by atoms with Gasteiger partial charge in [-0.15, -0.1) is 12.4 Å². The van der Waals surface area contributed by atoms with Crippen molar-refractivity contribution in [3.8, 4) is 5.75 Å². The molecule has 0 aliphatic carbocycles. The Hall–Kier alpha value is -2.20. The number of carbonyl (C=O) groups is 1. The van der Waals surface area contributed by atoms with Crippen molar-refractivity contribution >= 4 is 24.0 Å². The van der Waals surface area contributed by atoms with E-state index in [2.05, 4.69) is 0 Å². The van der Waals surface area contributed by atoms with Crippen molar-refractivity contribution < 1.29 is 9.53 Å². The van der Waals surface area contributed by atoms with Crippen molar-refractivity contribution in [2.24, 2.45) is 0 Å². The van der Waals surface area contributed by atoms with Crippen LogP contribution in [0.25, 0.3) is 0 Å². The van der Waals surface area contributed by atoms with E-state index in [-0.39, 0.29) is 18.3 Å². The van der Waals surface area contributed by atoms with Gasteiger partial charge in [-0.2, -0.15) is 0 Å². The molecule has 2 rings (SSSR count). The third kappa shape index (κ3) is 5.49. The van der Waals surface area contributed by atoms with Gasteiger partial charge in [0.25, 0.3) is 0 Å². The number of anilines is 1. The van der Waals surface area contributed by atoms with Crippen LogP contribution in [-0.2, 0) is 17.8 Å². The van der Waals surface area contributed by atoms with Crippen LogP contribution >= 0.6 is 12.4 Å². The lowest BCUT2D eigenvalue weighted by Crippen LogP contribution is -2.26. The number of methoxy groups -OCH3 is 1. The molecule has 4 nitrogen and oxygen atoms in total. The summed E-state index contributed by atoms with van der Waals surface area (Å²) in [5, 5.41) is 0. The maximum Gasteiger partial charge on any atom is 0.222 e. The molecular formula is C18H23ClN2O2. The van der Waals surface area contributed by atoms with Gasteiger partial charge in [-0.3, -0.25) is 4.79 Å². The number of nitrogens with zero attached hydrogens (tertiary/aromatic N) is 1. The van der Waals surface area contributed by atoms with Gasteiger partial charge >= 0.3 is 0 Å². The number of hydrogen-bond donors (Lipinski definition) is 1. The maximum atomic E-state index is 12.2. The van der Waals surface area contributed by atoms with E-state index in [1.54, 1.807) is 12.0 Å². The van der Waals surface area contributed by atoms with Gasteiger partial charge in [0.05, 0.1) is 7.11 Å². The Balaban J connectivity index is 0.00000264. The van der Waals surface area contributed by atoms with Gasteiger partial charge < -0.3 is 15.4 Å². The molecule has 0 aliphatic heterocycles. The van der Waals surface area contributed by atoms with E-state index in [0.717, 1.165) is 22.6 Å². The lowest BCUT2D eigenvalue weighted by atomic mass is 10.1. The van der Waals surface area contributed by atoms with E-state index in [1.807, 2.05) is 55.6 Å². The molecule has 124 valence electrons. The predicted molar refractivity (Wildman–Crippen MR) is 95.9 cm³/mol. The lowest BCUT2D eigenvalue weighted by molar-refractivity contribution is -0.130. The number of nitrogen functional groups attached to an aromatic ring is 1. The monoisotopic (exact) mass is 334 g/mol. The van der Waals surface area contributed by atoms with E-state index >= 15 is 0 Å². The molecule has 2 aromatic rings. The van der Waals surface area contributed by atoms with E-state index in [4.69, 9.17) is 10.5 Å². The number of amides is 1. The Morgan fingerprint density at radius 3 is 2.61 bits per heavy atom. The average molecular weight is 335 g/mol. The predicted octanol–water partition coefficient (Wildman–Crippen LogP) is 3.29. The van der Waals surface area contributed by atoms with Crippen molar-refractivity contribution in [2.75, 3.05) is 19.9 Å². The van der Waals surface area contributed by atoms with Gasteiger partial charge in [-0.25, -0.2) is 0 Å². The third-order valence-corrected chi connectivity index (χ3v) is 3.64. The summed E-state index contributed by atoms with van der Waals surface area (Å²) >= 11 is 0. The quantitative estimate of drug-likeness (QED) is 0.825. The molecule has 2 N–H and O–H groups in total. The first-order chi connectivity index (χ1) is 10.6. The SMILES string of the molecule is COc1cccc(CN(C)C(=O)CCc2ccccc2N)c1.Cl. The van der Waals surface area contributed by atoms with Crippen LogP contribution in [-0.4, -0.2) is 25.0 Å². The molecule has 5 heteroatoms. The molecule has 0 bridgehead atoms. The summed E-state index contributed by atoms with van der Waals surface area (Å²) in [4.78, 5) is 14.0. The normalized spacial score (nSPS) is 9.83. The summed E-state index contributed by atoms with van der Waals surface area (Å²) in [6.45, 7) is 0.570. The third-order valence-electron chi connectivity index (χ3n) is 3.64. The van der Waals surface area contributed by atoms with Crippen LogP contribution in [0.2, 0.25) is 0 Å². The Bertz CT molecular complexity index is 646. The molecule has 0 aromatic heterocycles. The Morgan fingerprint density at radius 1 is 1.17 bits per heavy atom. The highest BCUT2D eigenvalue weighted by Gasteiger charge is 2.10. The van der Waals surface area contributed by atoms with E-state index in [0.29, 0.717) is 19.4 Å². The van der Waals surface area contributed by atoms with Crippen LogP contribution in [0, 0.1) is 0 Å². The highest BCUT2D eigenvalue weighted by molar-refractivity contribution is 5.85. The minimum atomic E-state index is 0. The van der Waals surface area contributed by atoms with Crippen molar-refractivity contribution in [1.29, 1.82) is 0 Å². The molecule has 0 saturated heterocycles. The molecule has 1 amide bonds. The van der Waals surface area contributed by atoms with Gasteiger partial charge in [-0.05, 0) is 35.7 Å². The van der Waals surface area contributed by atoms with Gasteiger partial charge in [-0.1, -0.05) is 30.3 Å². The van der Waals surface area contributed by atoms with Gasteiger partial charge in [0, 0.05) is 25.7 Å². The fraction of sp³-hybridized carbons (Fsp3) is 0.278. The number of aryl methyl sites for hydroxylation is 1. The summed E-state index contributed by atoms with van der Waals surface area (Å²) < 4.78 is 5.20. The van der Waals surface area contributed by atoms with Crippen molar-refractivity contribution in [2.45, 2.75) is 19.4 Å². The number of benzene rings is 2. The molecule has 2 aromatic carbocycles. The first-order valence-corrected chi connectivity index (χ1v) is 7.30. The van der Waals surface area contributed by atoms with Crippen molar-refractivity contribution in [3.63, 3.8) is 0 Å². The van der Waals surface area contributed by atoms with Gasteiger partial charge in [0.15, 0.2) is 0 Å². The molecule has 0 heterocycles. The first kappa shape index (κ1) is 18.8. The number of nitrogens with two attached hydrogens (primary N) is 1. The Labute approximate surface area is 143 Å². The molecule has 0 aliphatic rings. The average Bonchev–Trinajstić information content (AvgIpc) is 2.54.